The number of thiazole rings is 1. The monoisotopic (exact) mass is 373 g/mol. The van der Waals surface area contributed by atoms with Crippen LogP contribution >= 0.6 is 27.3 Å². The van der Waals surface area contributed by atoms with Crippen molar-refractivity contribution in [2.24, 2.45) is 0 Å². The van der Waals surface area contributed by atoms with Gasteiger partial charge >= 0.3 is 5.97 Å². The molecule has 0 fully saturated rings. The third kappa shape index (κ3) is 2.96. The molecule has 0 saturated carbocycles. The molecule has 1 aromatic heterocycles. The number of esters is 1. The van der Waals surface area contributed by atoms with Gasteiger partial charge in [0.25, 0.3) is 0 Å². The average Bonchev–Trinajstić information content (AvgIpc) is 2.93. The molecule has 0 atom stereocenters. The van der Waals surface area contributed by atoms with Gasteiger partial charge in [0.05, 0.1) is 14.7 Å². The molecule has 0 spiro atoms. The maximum absolute atomic E-state index is 11.7. The van der Waals surface area contributed by atoms with Crippen LogP contribution in [0.25, 0.3) is 20.8 Å². The van der Waals surface area contributed by atoms with Crippen LogP contribution in [0.15, 0.2) is 59.1 Å². The standard InChI is InChI=1S/C17H12BrNO2S/c1-10(2)17(20)21-14-9-11(7-8-12(14)18)16-19-13-5-3-4-6-15(13)22-16/h3-9H,1H2,2H3. The van der Waals surface area contributed by atoms with Crippen LogP contribution in [-0.4, -0.2) is 11.0 Å². The summed E-state index contributed by atoms with van der Waals surface area (Å²) >= 11 is 5.00. The molecule has 1 heterocycles. The lowest BCUT2D eigenvalue weighted by atomic mass is 10.2. The molecular formula is C17H12BrNO2S. The topological polar surface area (TPSA) is 39.2 Å². The summed E-state index contributed by atoms with van der Waals surface area (Å²) < 4.78 is 7.17. The molecule has 0 aliphatic rings. The van der Waals surface area contributed by atoms with E-state index in [1.54, 1.807) is 18.3 Å². The number of benzene rings is 2. The second-order valence-electron chi connectivity index (χ2n) is 4.80. The van der Waals surface area contributed by atoms with Crippen molar-refractivity contribution in [1.29, 1.82) is 0 Å². The molecule has 5 heteroatoms. The highest BCUT2D eigenvalue weighted by Crippen LogP contribution is 2.35. The Morgan fingerprint density at radius 1 is 1.27 bits per heavy atom. The van der Waals surface area contributed by atoms with E-state index < -0.39 is 5.97 Å². The summed E-state index contributed by atoms with van der Waals surface area (Å²) in [5.74, 6) is 0.0203. The molecule has 2 aromatic carbocycles. The van der Waals surface area contributed by atoms with Crippen LogP contribution in [0, 0.1) is 0 Å². The van der Waals surface area contributed by atoms with Crippen LogP contribution in [0.4, 0.5) is 0 Å². The maximum atomic E-state index is 11.7. The number of para-hydroxylation sites is 1. The molecule has 3 aromatic rings. The van der Waals surface area contributed by atoms with Gasteiger partial charge in [-0.25, -0.2) is 9.78 Å². The van der Waals surface area contributed by atoms with Gasteiger partial charge in [0.15, 0.2) is 0 Å². The van der Waals surface area contributed by atoms with E-state index >= 15 is 0 Å². The van der Waals surface area contributed by atoms with Crippen LogP contribution in [0.1, 0.15) is 6.92 Å². The summed E-state index contributed by atoms with van der Waals surface area (Å²) in [7, 11) is 0. The van der Waals surface area contributed by atoms with E-state index in [1.807, 2.05) is 42.5 Å². The van der Waals surface area contributed by atoms with Gasteiger partial charge in [0.1, 0.15) is 10.8 Å². The van der Waals surface area contributed by atoms with Gasteiger partial charge in [-0.1, -0.05) is 24.8 Å². The first-order valence-electron chi connectivity index (χ1n) is 6.58. The van der Waals surface area contributed by atoms with Crippen LogP contribution in [0.2, 0.25) is 0 Å². The van der Waals surface area contributed by atoms with E-state index in [2.05, 4.69) is 27.5 Å². The van der Waals surface area contributed by atoms with E-state index in [9.17, 15) is 4.79 Å². The first kappa shape index (κ1) is 14.9. The van der Waals surface area contributed by atoms with Gasteiger partial charge in [-0.05, 0) is 47.1 Å². The highest BCUT2D eigenvalue weighted by Gasteiger charge is 2.12. The number of ether oxygens (including phenoxy) is 1. The Bertz CT molecular complexity index is 852. The molecule has 110 valence electrons. The lowest BCUT2D eigenvalue weighted by Crippen LogP contribution is -2.08. The molecule has 0 aliphatic carbocycles. The van der Waals surface area contributed by atoms with Crippen molar-refractivity contribution in [3.05, 3.63) is 59.1 Å². The minimum Gasteiger partial charge on any atom is -0.422 e. The minimum atomic E-state index is -0.442. The van der Waals surface area contributed by atoms with E-state index in [0.717, 1.165) is 20.8 Å². The van der Waals surface area contributed by atoms with Crippen LogP contribution in [0.3, 0.4) is 0 Å². The third-order valence-electron chi connectivity index (χ3n) is 3.02. The second-order valence-corrected chi connectivity index (χ2v) is 6.69. The number of carbonyl (C=O) groups is 1. The summed E-state index contributed by atoms with van der Waals surface area (Å²) in [6.07, 6.45) is 0. The first-order chi connectivity index (χ1) is 10.5. The Kier molecular flexibility index (Phi) is 4.09. The Balaban J connectivity index is 2.00. The molecule has 22 heavy (non-hydrogen) atoms. The SMILES string of the molecule is C=C(C)C(=O)Oc1cc(-c2nc3ccccc3s2)ccc1Br. The largest absolute Gasteiger partial charge is 0.422 e. The van der Waals surface area contributed by atoms with Crippen molar-refractivity contribution in [2.45, 2.75) is 6.92 Å². The maximum Gasteiger partial charge on any atom is 0.338 e. The predicted molar refractivity (Wildman–Crippen MR) is 93.2 cm³/mol. The fraction of sp³-hybridized carbons (Fsp3) is 0.0588. The Morgan fingerprint density at radius 3 is 2.77 bits per heavy atom. The molecule has 0 unspecified atom stereocenters. The molecule has 0 bridgehead atoms. The van der Waals surface area contributed by atoms with Gasteiger partial charge in [-0.3, -0.25) is 0 Å². The van der Waals surface area contributed by atoms with Crippen molar-refractivity contribution in [1.82, 2.24) is 4.98 Å². The first-order valence-corrected chi connectivity index (χ1v) is 8.19. The highest BCUT2D eigenvalue weighted by atomic mass is 79.9. The smallest absolute Gasteiger partial charge is 0.338 e. The van der Waals surface area contributed by atoms with Gasteiger partial charge in [-0.15, -0.1) is 11.3 Å². The number of hydrogen-bond donors (Lipinski definition) is 0. The number of hydrogen-bond acceptors (Lipinski definition) is 4. The van der Waals surface area contributed by atoms with E-state index in [1.165, 1.54) is 0 Å². The number of nitrogens with zero attached hydrogens (tertiary/aromatic N) is 1. The fourth-order valence-electron chi connectivity index (χ4n) is 1.90. The number of aromatic nitrogens is 1. The number of carbonyl (C=O) groups excluding carboxylic acids is 1. The van der Waals surface area contributed by atoms with E-state index in [4.69, 9.17) is 4.74 Å². The van der Waals surface area contributed by atoms with Gasteiger partial charge in [0, 0.05) is 11.1 Å². The van der Waals surface area contributed by atoms with Crippen molar-refractivity contribution >= 4 is 43.5 Å². The molecule has 3 nitrogen and oxygen atoms in total. The van der Waals surface area contributed by atoms with Crippen molar-refractivity contribution < 1.29 is 9.53 Å². The second kappa shape index (κ2) is 6.02. The quantitative estimate of drug-likeness (QED) is 0.359. The summed E-state index contributed by atoms with van der Waals surface area (Å²) in [6.45, 7) is 5.21. The molecule has 0 N–H and O–H groups in total. The molecular weight excluding hydrogens is 362 g/mol. The molecule has 0 aliphatic heterocycles. The van der Waals surface area contributed by atoms with Crippen molar-refractivity contribution in [2.75, 3.05) is 0 Å². The summed E-state index contributed by atoms with van der Waals surface area (Å²) in [4.78, 5) is 16.3. The summed E-state index contributed by atoms with van der Waals surface area (Å²) in [6, 6.07) is 13.6. The predicted octanol–water partition coefficient (Wildman–Crippen LogP) is 5.21. The molecule has 0 radical (unpaired) electrons. The van der Waals surface area contributed by atoms with Gasteiger partial charge in [0.2, 0.25) is 0 Å². The van der Waals surface area contributed by atoms with Crippen LogP contribution in [0.5, 0.6) is 5.75 Å². The minimum absolute atomic E-state index is 0.359. The average molecular weight is 374 g/mol. The zero-order valence-corrected chi connectivity index (χ0v) is 14.2. The van der Waals surface area contributed by atoms with Crippen LogP contribution in [-0.2, 0) is 4.79 Å². The molecule has 3 rings (SSSR count). The zero-order valence-electron chi connectivity index (χ0n) is 11.8. The number of rotatable bonds is 3. The van der Waals surface area contributed by atoms with Gasteiger partial charge < -0.3 is 4.74 Å². The Hall–Kier alpha value is -1.98. The Morgan fingerprint density at radius 2 is 2.05 bits per heavy atom. The molecule has 0 saturated heterocycles. The van der Waals surface area contributed by atoms with Crippen molar-refractivity contribution in [3.63, 3.8) is 0 Å². The Labute approximate surface area is 140 Å². The lowest BCUT2D eigenvalue weighted by Gasteiger charge is -2.07. The highest BCUT2D eigenvalue weighted by molar-refractivity contribution is 9.10. The third-order valence-corrected chi connectivity index (χ3v) is 4.76. The van der Waals surface area contributed by atoms with E-state index in [-0.39, 0.29) is 0 Å². The zero-order chi connectivity index (χ0) is 15.7. The normalized spacial score (nSPS) is 10.6. The fourth-order valence-corrected chi connectivity index (χ4v) is 3.19. The molecule has 0 amide bonds. The number of halogens is 1. The van der Waals surface area contributed by atoms with Crippen LogP contribution < -0.4 is 4.74 Å². The summed E-state index contributed by atoms with van der Waals surface area (Å²) in [5, 5.41) is 0.890. The lowest BCUT2D eigenvalue weighted by molar-refractivity contribution is -0.130. The van der Waals surface area contributed by atoms with E-state index in [0.29, 0.717) is 15.8 Å². The number of fused-ring (bicyclic) bond motifs is 1. The van der Waals surface area contributed by atoms with Gasteiger partial charge in [-0.2, -0.15) is 0 Å². The van der Waals surface area contributed by atoms with Crippen molar-refractivity contribution in [3.8, 4) is 16.3 Å². The summed E-state index contributed by atoms with van der Waals surface area (Å²) in [5.41, 5.74) is 2.23.